The topological polar surface area (TPSA) is 86.8 Å². The second-order valence-electron chi connectivity index (χ2n) is 6.09. The third kappa shape index (κ3) is 4.51. The second-order valence-corrected chi connectivity index (χ2v) is 6.09. The molecule has 0 spiro atoms. The van der Waals surface area contributed by atoms with Crippen molar-refractivity contribution in [1.82, 2.24) is 25.5 Å². The summed E-state index contributed by atoms with van der Waals surface area (Å²) in [6.45, 7) is 6.10. The summed E-state index contributed by atoms with van der Waals surface area (Å²) >= 11 is 0. The van der Waals surface area contributed by atoms with Crippen LogP contribution in [0.15, 0.2) is 30.3 Å². The van der Waals surface area contributed by atoms with E-state index in [1.54, 1.807) is 11.9 Å². The summed E-state index contributed by atoms with van der Waals surface area (Å²) in [7, 11) is 1.77. The Balaban J connectivity index is 2.12. The Morgan fingerprint density at radius 2 is 1.96 bits per heavy atom. The summed E-state index contributed by atoms with van der Waals surface area (Å²) in [5.74, 6) is 0.915. The van der Waals surface area contributed by atoms with Gasteiger partial charge < -0.3 is 10.2 Å². The zero-order chi connectivity index (χ0) is 16.8. The zero-order valence-electron chi connectivity index (χ0n) is 14.0. The van der Waals surface area contributed by atoms with Crippen LogP contribution in [0.25, 0.3) is 0 Å². The number of H-pyrrole nitrogens is 1. The fourth-order valence-electron chi connectivity index (χ4n) is 2.38. The lowest BCUT2D eigenvalue weighted by molar-refractivity contribution is -0.133. The highest BCUT2D eigenvalue weighted by molar-refractivity contribution is 5.84. The van der Waals surface area contributed by atoms with Gasteiger partial charge in [0, 0.05) is 12.7 Å². The number of para-hydroxylation sites is 1. The Bertz CT molecular complexity index is 598. The van der Waals surface area contributed by atoms with Crippen LogP contribution in [0.4, 0.5) is 5.69 Å². The Hall–Kier alpha value is -2.44. The lowest BCUT2D eigenvalue weighted by Crippen LogP contribution is -2.43. The molecule has 0 aliphatic rings. The second kappa shape index (κ2) is 7.71. The van der Waals surface area contributed by atoms with E-state index in [1.807, 2.05) is 37.3 Å². The van der Waals surface area contributed by atoms with Crippen LogP contribution < -0.4 is 5.32 Å². The summed E-state index contributed by atoms with van der Waals surface area (Å²) in [6.07, 6.45) is 0.747. The zero-order valence-corrected chi connectivity index (χ0v) is 14.0. The molecule has 0 bridgehead atoms. The fraction of sp³-hybridized carbons (Fsp3) is 0.500. The SMILES string of the molecule is CC(C)CC(Nc1ccccc1)C(=O)N(C)C(C)c1nn[nH]n1. The third-order valence-electron chi connectivity index (χ3n) is 3.78. The van der Waals surface area contributed by atoms with Crippen molar-refractivity contribution in [3.05, 3.63) is 36.2 Å². The monoisotopic (exact) mass is 316 g/mol. The number of anilines is 1. The maximum Gasteiger partial charge on any atom is 0.245 e. The number of tetrazole rings is 1. The van der Waals surface area contributed by atoms with Crippen LogP contribution in [0.2, 0.25) is 0 Å². The van der Waals surface area contributed by atoms with Crippen molar-refractivity contribution in [1.29, 1.82) is 0 Å². The van der Waals surface area contributed by atoms with E-state index in [0.717, 1.165) is 12.1 Å². The lowest BCUT2D eigenvalue weighted by atomic mass is 10.0. The average molecular weight is 316 g/mol. The van der Waals surface area contributed by atoms with Gasteiger partial charge in [-0.05, 0) is 31.4 Å². The number of aromatic nitrogens is 4. The number of carbonyl (C=O) groups is 1. The number of rotatable bonds is 7. The molecule has 0 saturated heterocycles. The van der Waals surface area contributed by atoms with E-state index in [4.69, 9.17) is 0 Å². The van der Waals surface area contributed by atoms with E-state index >= 15 is 0 Å². The van der Waals surface area contributed by atoms with Crippen LogP contribution in [0.3, 0.4) is 0 Å². The number of aromatic amines is 1. The molecule has 0 radical (unpaired) electrons. The summed E-state index contributed by atoms with van der Waals surface area (Å²) in [5.41, 5.74) is 0.937. The molecule has 2 atom stereocenters. The van der Waals surface area contributed by atoms with E-state index in [9.17, 15) is 4.79 Å². The Labute approximate surface area is 136 Å². The van der Waals surface area contributed by atoms with Gasteiger partial charge in [0.05, 0.1) is 6.04 Å². The third-order valence-corrected chi connectivity index (χ3v) is 3.78. The molecule has 2 aromatic rings. The molecule has 0 fully saturated rings. The van der Waals surface area contributed by atoms with Gasteiger partial charge in [-0.1, -0.05) is 37.3 Å². The predicted octanol–water partition coefficient (Wildman–Crippen LogP) is 2.25. The minimum absolute atomic E-state index is 0.0138. The molecule has 0 saturated carbocycles. The molecule has 1 aromatic carbocycles. The smallest absolute Gasteiger partial charge is 0.245 e. The largest absolute Gasteiger partial charge is 0.374 e. The fourth-order valence-corrected chi connectivity index (χ4v) is 2.38. The first-order chi connectivity index (χ1) is 11.0. The summed E-state index contributed by atoms with van der Waals surface area (Å²) in [6, 6.07) is 9.24. The normalized spacial score (nSPS) is 13.6. The summed E-state index contributed by atoms with van der Waals surface area (Å²) in [5, 5.41) is 17.2. The van der Waals surface area contributed by atoms with Gasteiger partial charge in [0.2, 0.25) is 5.91 Å². The van der Waals surface area contributed by atoms with Crippen LogP contribution in [0, 0.1) is 5.92 Å². The molecule has 2 N–H and O–H groups in total. The van der Waals surface area contributed by atoms with Gasteiger partial charge in [0.15, 0.2) is 5.82 Å². The molecular formula is C16H24N6O. The first-order valence-electron chi connectivity index (χ1n) is 7.80. The molecule has 1 aromatic heterocycles. The van der Waals surface area contributed by atoms with Crippen LogP contribution >= 0.6 is 0 Å². The van der Waals surface area contributed by atoms with Gasteiger partial charge in [-0.25, -0.2) is 0 Å². The van der Waals surface area contributed by atoms with Gasteiger partial charge in [-0.15, -0.1) is 10.2 Å². The minimum atomic E-state index is -0.295. The molecule has 2 unspecified atom stereocenters. The van der Waals surface area contributed by atoms with E-state index in [0.29, 0.717) is 11.7 Å². The molecule has 1 heterocycles. The molecule has 0 aliphatic carbocycles. The highest BCUT2D eigenvalue weighted by atomic mass is 16.2. The molecule has 23 heavy (non-hydrogen) atoms. The van der Waals surface area contributed by atoms with E-state index in [2.05, 4.69) is 39.8 Å². The van der Waals surface area contributed by atoms with Crippen molar-refractivity contribution in [2.45, 2.75) is 39.3 Å². The molecule has 2 rings (SSSR count). The maximum atomic E-state index is 12.9. The maximum absolute atomic E-state index is 12.9. The lowest BCUT2D eigenvalue weighted by Gasteiger charge is -2.29. The number of nitrogens with one attached hydrogen (secondary N) is 2. The first kappa shape index (κ1) is 16.9. The van der Waals surface area contributed by atoms with Gasteiger partial charge in [-0.3, -0.25) is 4.79 Å². The van der Waals surface area contributed by atoms with Crippen molar-refractivity contribution in [2.24, 2.45) is 5.92 Å². The molecule has 1 amide bonds. The summed E-state index contributed by atoms with van der Waals surface area (Å²) in [4.78, 5) is 14.6. The molecule has 0 aliphatic heterocycles. The Morgan fingerprint density at radius 1 is 1.26 bits per heavy atom. The number of amides is 1. The molecular weight excluding hydrogens is 292 g/mol. The highest BCUT2D eigenvalue weighted by Crippen LogP contribution is 2.19. The summed E-state index contributed by atoms with van der Waals surface area (Å²) < 4.78 is 0. The van der Waals surface area contributed by atoms with E-state index < -0.39 is 0 Å². The van der Waals surface area contributed by atoms with Crippen molar-refractivity contribution in [2.75, 3.05) is 12.4 Å². The van der Waals surface area contributed by atoms with E-state index in [1.165, 1.54) is 0 Å². The Morgan fingerprint density at radius 3 is 2.52 bits per heavy atom. The van der Waals surface area contributed by atoms with Crippen LogP contribution in [-0.4, -0.2) is 44.5 Å². The number of nitrogens with zero attached hydrogens (tertiary/aromatic N) is 4. The number of carbonyl (C=O) groups excluding carboxylic acids is 1. The molecule has 7 heteroatoms. The van der Waals surface area contributed by atoms with Gasteiger partial charge in [0.25, 0.3) is 0 Å². The van der Waals surface area contributed by atoms with Gasteiger partial charge >= 0.3 is 0 Å². The van der Waals surface area contributed by atoms with Crippen LogP contribution in [-0.2, 0) is 4.79 Å². The number of hydrogen-bond donors (Lipinski definition) is 2. The number of benzene rings is 1. The van der Waals surface area contributed by atoms with E-state index in [-0.39, 0.29) is 18.0 Å². The highest BCUT2D eigenvalue weighted by Gasteiger charge is 2.28. The molecule has 7 nitrogen and oxygen atoms in total. The minimum Gasteiger partial charge on any atom is -0.374 e. The van der Waals surface area contributed by atoms with Crippen LogP contribution in [0.1, 0.15) is 39.1 Å². The average Bonchev–Trinajstić information content (AvgIpc) is 3.07. The number of likely N-dealkylation sites (N-methyl/N-ethyl adjacent to an activating group) is 1. The van der Waals surface area contributed by atoms with Crippen molar-refractivity contribution in [3.63, 3.8) is 0 Å². The molecule has 124 valence electrons. The Kier molecular flexibility index (Phi) is 5.67. The standard InChI is InChI=1S/C16H24N6O/c1-11(2)10-14(17-13-8-6-5-7-9-13)16(23)22(4)12(3)15-18-20-21-19-15/h5-9,11-12,14,17H,10H2,1-4H3,(H,18,19,20,21). The van der Waals surface area contributed by atoms with Crippen molar-refractivity contribution < 1.29 is 4.79 Å². The number of hydrogen-bond acceptors (Lipinski definition) is 5. The van der Waals surface area contributed by atoms with Gasteiger partial charge in [0.1, 0.15) is 6.04 Å². The van der Waals surface area contributed by atoms with Crippen molar-refractivity contribution >= 4 is 11.6 Å². The quantitative estimate of drug-likeness (QED) is 0.818. The first-order valence-corrected chi connectivity index (χ1v) is 7.80. The van der Waals surface area contributed by atoms with Crippen molar-refractivity contribution in [3.8, 4) is 0 Å². The van der Waals surface area contributed by atoms with Crippen LogP contribution in [0.5, 0.6) is 0 Å². The predicted molar refractivity (Wildman–Crippen MR) is 88.7 cm³/mol. The van der Waals surface area contributed by atoms with Gasteiger partial charge in [-0.2, -0.15) is 5.21 Å².